The van der Waals surface area contributed by atoms with Crippen LogP contribution in [0.15, 0.2) is 54.6 Å². The summed E-state index contributed by atoms with van der Waals surface area (Å²) in [5.41, 5.74) is 2.25. The van der Waals surface area contributed by atoms with Gasteiger partial charge in [-0.15, -0.1) is 0 Å². The van der Waals surface area contributed by atoms with Crippen LogP contribution in [-0.2, 0) is 22.5 Å². The van der Waals surface area contributed by atoms with Crippen molar-refractivity contribution in [1.82, 2.24) is 5.32 Å². The summed E-state index contributed by atoms with van der Waals surface area (Å²) in [7, 11) is 0. The molecule has 2 rings (SSSR count). The molecule has 0 aromatic heterocycles. The van der Waals surface area contributed by atoms with Crippen molar-refractivity contribution in [3.63, 3.8) is 0 Å². The van der Waals surface area contributed by atoms with Crippen molar-refractivity contribution in [2.45, 2.75) is 39.1 Å². The Balaban J connectivity index is 1.64. The highest BCUT2D eigenvalue weighted by Gasteiger charge is 2.08. The van der Waals surface area contributed by atoms with E-state index in [0.29, 0.717) is 26.4 Å². The number of aliphatic hydroxyl groups excluding tert-OH is 1. The molecule has 28 heavy (non-hydrogen) atoms. The zero-order chi connectivity index (χ0) is 20.0. The minimum atomic E-state index is -0.566. The highest BCUT2D eigenvalue weighted by atomic mass is 16.5. The number of hydrogen-bond acceptors (Lipinski definition) is 5. The van der Waals surface area contributed by atoms with Gasteiger partial charge in [0.25, 0.3) is 0 Å². The second kappa shape index (κ2) is 13.3. The summed E-state index contributed by atoms with van der Waals surface area (Å²) in [4.78, 5) is 0. The molecule has 0 fully saturated rings. The van der Waals surface area contributed by atoms with Crippen LogP contribution in [-0.4, -0.2) is 50.2 Å². The summed E-state index contributed by atoms with van der Waals surface area (Å²) >= 11 is 0. The monoisotopic (exact) mass is 387 g/mol. The second-order valence-corrected chi connectivity index (χ2v) is 6.98. The first-order valence-corrected chi connectivity index (χ1v) is 9.98. The lowest BCUT2D eigenvalue weighted by Crippen LogP contribution is -2.32. The number of nitrogens with one attached hydrogen (secondary N) is 1. The van der Waals surface area contributed by atoms with E-state index in [4.69, 9.17) is 14.2 Å². The molecule has 2 N–H and O–H groups in total. The smallest absolute Gasteiger partial charge is 0.124 e. The van der Waals surface area contributed by atoms with Gasteiger partial charge in [0.1, 0.15) is 18.5 Å². The Hall–Kier alpha value is -1.92. The maximum absolute atomic E-state index is 10.2. The van der Waals surface area contributed by atoms with Crippen LogP contribution < -0.4 is 10.1 Å². The second-order valence-electron chi connectivity index (χ2n) is 6.98. The molecule has 1 atom stereocenters. The van der Waals surface area contributed by atoms with Gasteiger partial charge in [0.2, 0.25) is 0 Å². The summed E-state index contributed by atoms with van der Waals surface area (Å²) in [6.45, 7) is 7.15. The first kappa shape index (κ1) is 22.4. The van der Waals surface area contributed by atoms with Gasteiger partial charge in [0.15, 0.2) is 0 Å². The SMILES string of the molecule is CC(C)OCCOCc1ccccc1OCC(O)CNCCc1ccccc1. The largest absolute Gasteiger partial charge is 0.490 e. The fourth-order valence-corrected chi connectivity index (χ4v) is 2.68. The minimum Gasteiger partial charge on any atom is -0.490 e. The molecule has 0 saturated heterocycles. The van der Waals surface area contributed by atoms with Crippen LogP contribution in [0.2, 0.25) is 0 Å². The molecule has 5 heteroatoms. The van der Waals surface area contributed by atoms with Gasteiger partial charge in [-0.1, -0.05) is 48.5 Å². The number of hydrogen-bond donors (Lipinski definition) is 2. The predicted octanol–water partition coefficient (Wildman–Crippen LogP) is 3.20. The number of aliphatic hydroxyl groups is 1. The van der Waals surface area contributed by atoms with Crippen molar-refractivity contribution in [3.05, 3.63) is 65.7 Å². The van der Waals surface area contributed by atoms with E-state index in [1.54, 1.807) is 0 Å². The lowest BCUT2D eigenvalue weighted by Gasteiger charge is -2.16. The van der Waals surface area contributed by atoms with E-state index in [0.717, 1.165) is 24.3 Å². The highest BCUT2D eigenvalue weighted by molar-refractivity contribution is 5.32. The maximum Gasteiger partial charge on any atom is 0.124 e. The van der Waals surface area contributed by atoms with Crippen LogP contribution in [0.4, 0.5) is 0 Å². The summed E-state index contributed by atoms with van der Waals surface area (Å²) in [5.74, 6) is 0.746. The Morgan fingerprint density at radius 2 is 1.71 bits per heavy atom. The Morgan fingerprint density at radius 1 is 0.964 bits per heavy atom. The lowest BCUT2D eigenvalue weighted by atomic mass is 10.1. The Morgan fingerprint density at radius 3 is 2.50 bits per heavy atom. The summed E-state index contributed by atoms with van der Waals surface area (Å²) in [5, 5.41) is 13.4. The average Bonchev–Trinajstić information content (AvgIpc) is 2.71. The molecular formula is C23H33NO4. The number of rotatable bonds is 14. The summed E-state index contributed by atoms with van der Waals surface area (Å²) in [6.07, 6.45) is 0.584. The molecule has 0 radical (unpaired) electrons. The van der Waals surface area contributed by atoms with Crippen molar-refractivity contribution in [2.24, 2.45) is 0 Å². The molecule has 1 unspecified atom stereocenters. The molecule has 0 aliphatic rings. The Bertz CT molecular complexity index is 648. The van der Waals surface area contributed by atoms with Crippen molar-refractivity contribution >= 4 is 0 Å². The molecule has 2 aromatic carbocycles. The van der Waals surface area contributed by atoms with E-state index in [1.807, 2.05) is 56.3 Å². The van der Waals surface area contributed by atoms with Crippen molar-refractivity contribution in [1.29, 1.82) is 0 Å². The summed E-state index contributed by atoms with van der Waals surface area (Å²) in [6, 6.07) is 18.1. The van der Waals surface area contributed by atoms with Gasteiger partial charge in [-0.2, -0.15) is 0 Å². The average molecular weight is 388 g/mol. The van der Waals surface area contributed by atoms with Gasteiger partial charge < -0.3 is 24.6 Å². The van der Waals surface area contributed by atoms with Crippen LogP contribution in [0.5, 0.6) is 5.75 Å². The zero-order valence-electron chi connectivity index (χ0n) is 17.0. The zero-order valence-corrected chi connectivity index (χ0v) is 17.0. The first-order chi connectivity index (χ1) is 13.6. The van der Waals surface area contributed by atoms with Gasteiger partial charge in [-0.3, -0.25) is 0 Å². The molecule has 0 aliphatic carbocycles. The molecule has 5 nitrogen and oxygen atoms in total. The van der Waals surface area contributed by atoms with Crippen LogP contribution in [0, 0.1) is 0 Å². The predicted molar refractivity (Wildman–Crippen MR) is 112 cm³/mol. The van der Waals surface area contributed by atoms with E-state index >= 15 is 0 Å². The highest BCUT2D eigenvalue weighted by Crippen LogP contribution is 2.19. The van der Waals surface area contributed by atoms with E-state index in [1.165, 1.54) is 5.56 Å². The van der Waals surface area contributed by atoms with Gasteiger partial charge in [0, 0.05) is 12.1 Å². The van der Waals surface area contributed by atoms with Gasteiger partial charge in [0.05, 0.1) is 25.9 Å². The van der Waals surface area contributed by atoms with Gasteiger partial charge in [-0.25, -0.2) is 0 Å². The molecule has 0 bridgehead atoms. The molecule has 0 saturated carbocycles. The number of para-hydroxylation sites is 1. The van der Waals surface area contributed by atoms with Crippen molar-refractivity contribution < 1.29 is 19.3 Å². The third-order valence-electron chi connectivity index (χ3n) is 4.15. The molecule has 154 valence electrons. The Kier molecular flexibility index (Phi) is 10.6. The van der Waals surface area contributed by atoms with Crippen LogP contribution >= 0.6 is 0 Å². The van der Waals surface area contributed by atoms with Crippen LogP contribution in [0.25, 0.3) is 0 Å². The van der Waals surface area contributed by atoms with Crippen LogP contribution in [0.1, 0.15) is 25.0 Å². The third kappa shape index (κ3) is 9.33. The molecule has 0 heterocycles. The van der Waals surface area contributed by atoms with E-state index < -0.39 is 6.10 Å². The van der Waals surface area contributed by atoms with Gasteiger partial charge in [-0.05, 0) is 38.4 Å². The van der Waals surface area contributed by atoms with Crippen molar-refractivity contribution in [2.75, 3.05) is 32.9 Å². The quantitative estimate of drug-likeness (QED) is 0.488. The number of benzene rings is 2. The summed E-state index contributed by atoms with van der Waals surface area (Å²) < 4.78 is 16.9. The first-order valence-electron chi connectivity index (χ1n) is 9.98. The topological polar surface area (TPSA) is 60.0 Å². The van der Waals surface area contributed by atoms with E-state index in [-0.39, 0.29) is 12.7 Å². The third-order valence-corrected chi connectivity index (χ3v) is 4.15. The maximum atomic E-state index is 10.2. The van der Waals surface area contributed by atoms with Crippen LogP contribution in [0.3, 0.4) is 0 Å². The molecule has 0 amide bonds. The minimum absolute atomic E-state index is 0.210. The molecule has 0 spiro atoms. The fourth-order valence-electron chi connectivity index (χ4n) is 2.68. The number of ether oxygens (including phenoxy) is 3. The molecule has 0 aliphatic heterocycles. The lowest BCUT2D eigenvalue weighted by molar-refractivity contribution is 0.0135. The van der Waals surface area contributed by atoms with Gasteiger partial charge >= 0.3 is 0 Å². The van der Waals surface area contributed by atoms with E-state index in [9.17, 15) is 5.11 Å². The molecule has 2 aromatic rings. The van der Waals surface area contributed by atoms with E-state index in [2.05, 4.69) is 17.4 Å². The molecular weight excluding hydrogens is 354 g/mol. The Labute approximate surface area is 168 Å². The normalized spacial score (nSPS) is 12.3. The van der Waals surface area contributed by atoms with Crippen molar-refractivity contribution in [3.8, 4) is 5.75 Å². The standard InChI is InChI=1S/C23H33NO4/c1-19(2)27-15-14-26-17-21-10-6-7-11-23(21)28-18-22(25)16-24-13-12-20-8-4-3-5-9-20/h3-11,19,22,24-25H,12-18H2,1-2H3. The fraction of sp³-hybridized carbons (Fsp3) is 0.478.